The number of carbonyl (C=O) groups excluding carboxylic acids is 2. The third kappa shape index (κ3) is 9.14. The van der Waals surface area contributed by atoms with E-state index in [4.69, 9.17) is 9.47 Å². The van der Waals surface area contributed by atoms with Gasteiger partial charge in [-0.2, -0.15) is 13.2 Å². The summed E-state index contributed by atoms with van der Waals surface area (Å²) in [5.74, 6) is -0.733. The lowest BCUT2D eigenvalue weighted by molar-refractivity contribution is -0.143. The molecule has 1 fully saturated rings. The van der Waals surface area contributed by atoms with Crippen LogP contribution in [0.15, 0.2) is 79.0 Å². The molecule has 1 unspecified atom stereocenters. The fraction of sp³-hybridized carbons (Fsp3) is 0.364. The topological polar surface area (TPSA) is 75.2 Å². The fourth-order valence-electron chi connectivity index (χ4n) is 4.86. The quantitative estimate of drug-likeness (QED) is 0.277. The third-order valence-electron chi connectivity index (χ3n) is 7.40. The standard InChI is InChI=1S/C33H37F3N4O4/c1-38(16-19-43-2)32(42)30(22-25-6-4-3-5-7-25)40(24-26-8-13-29(14-9-26)39-17-20-44-21-18-39)31(41)15-12-28-11-10-27(23-37-28)33(34,35)36/h3-15,23,30H,16-22,24H2,1-2H3. The number of hydrogen-bond donors (Lipinski definition) is 0. The van der Waals surface area contributed by atoms with Crippen molar-refractivity contribution in [3.63, 3.8) is 0 Å². The summed E-state index contributed by atoms with van der Waals surface area (Å²) in [5.41, 5.74) is 2.04. The number of methoxy groups -OCH3 is 1. The number of carbonyl (C=O) groups is 2. The van der Waals surface area contributed by atoms with E-state index in [2.05, 4.69) is 9.88 Å². The van der Waals surface area contributed by atoms with E-state index < -0.39 is 23.7 Å². The van der Waals surface area contributed by atoms with Gasteiger partial charge < -0.3 is 24.2 Å². The summed E-state index contributed by atoms with van der Waals surface area (Å²) < 4.78 is 49.6. The lowest BCUT2D eigenvalue weighted by atomic mass is 10.0. The molecule has 1 atom stereocenters. The minimum absolute atomic E-state index is 0.133. The molecule has 2 amide bonds. The minimum atomic E-state index is -4.51. The SMILES string of the molecule is COCCN(C)C(=O)C(Cc1ccccc1)N(Cc1ccc(N2CCOCC2)cc1)C(=O)C=Cc1ccc(C(F)(F)F)cn1. The molecular formula is C33H37F3N4O4. The van der Waals surface area contributed by atoms with Crippen LogP contribution in [0.4, 0.5) is 18.9 Å². The molecule has 4 rings (SSSR count). The summed E-state index contributed by atoms with van der Waals surface area (Å²) in [6, 6.07) is 18.5. The molecule has 234 valence electrons. The first-order chi connectivity index (χ1) is 21.2. The van der Waals surface area contributed by atoms with Crippen LogP contribution in [0, 0.1) is 0 Å². The number of amides is 2. The van der Waals surface area contributed by atoms with E-state index in [9.17, 15) is 22.8 Å². The van der Waals surface area contributed by atoms with Crippen molar-refractivity contribution in [3.8, 4) is 0 Å². The first-order valence-corrected chi connectivity index (χ1v) is 14.4. The fourth-order valence-corrected chi connectivity index (χ4v) is 4.86. The largest absolute Gasteiger partial charge is 0.417 e. The first kappa shape index (κ1) is 32.7. The molecule has 0 bridgehead atoms. The van der Waals surface area contributed by atoms with Gasteiger partial charge >= 0.3 is 6.18 Å². The van der Waals surface area contributed by atoms with Crippen molar-refractivity contribution < 1.29 is 32.2 Å². The maximum atomic E-state index is 13.9. The van der Waals surface area contributed by atoms with Crippen molar-refractivity contribution in [3.05, 3.63) is 101 Å². The van der Waals surface area contributed by atoms with E-state index >= 15 is 0 Å². The van der Waals surface area contributed by atoms with Gasteiger partial charge in [0.1, 0.15) is 6.04 Å². The normalized spacial score (nSPS) is 14.4. The van der Waals surface area contributed by atoms with Crippen LogP contribution < -0.4 is 4.90 Å². The summed E-state index contributed by atoms with van der Waals surface area (Å²) in [6.45, 7) is 3.68. The zero-order chi connectivity index (χ0) is 31.5. The lowest BCUT2D eigenvalue weighted by Crippen LogP contribution is -2.51. The number of aromatic nitrogens is 1. The van der Waals surface area contributed by atoms with Crippen molar-refractivity contribution in [2.75, 3.05) is 58.5 Å². The molecule has 44 heavy (non-hydrogen) atoms. The Morgan fingerprint density at radius 1 is 1.02 bits per heavy atom. The molecule has 1 aliphatic heterocycles. The summed E-state index contributed by atoms with van der Waals surface area (Å²) in [4.78, 5) is 36.8. The number of hydrogen-bond acceptors (Lipinski definition) is 6. The monoisotopic (exact) mass is 610 g/mol. The van der Waals surface area contributed by atoms with Crippen LogP contribution in [0.2, 0.25) is 0 Å². The zero-order valence-corrected chi connectivity index (χ0v) is 24.9. The van der Waals surface area contributed by atoms with Crippen LogP contribution in [-0.2, 0) is 38.2 Å². The number of halogens is 3. The Bertz CT molecular complexity index is 1380. The molecule has 0 saturated carbocycles. The Hall–Kier alpha value is -4.22. The molecule has 1 aromatic heterocycles. The average molecular weight is 611 g/mol. The average Bonchev–Trinajstić information content (AvgIpc) is 3.04. The van der Waals surface area contributed by atoms with Gasteiger partial charge in [-0.25, -0.2) is 0 Å². The van der Waals surface area contributed by atoms with Crippen LogP contribution in [0.5, 0.6) is 0 Å². The van der Waals surface area contributed by atoms with Gasteiger partial charge in [-0.3, -0.25) is 14.6 Å². The van der Waals surface area contributed by atoms with Crippen molar-refractivity contribution in [2.45, 2.75) is 25.2 Å². The number of likely N-dealkylation sites (N-methyl/N-ethyl adjacent to an activating group) is 1. The Morgan fingerprint density at radius 3 is 2.34 bits per heavy atom. The van der Waals surface area contributed by atoms with E-state index in [1.54, 1.807) is 19.1 Å². The number of ether oxygens (including phenoxy) is 2. The molecule has 11 heteroatoms. The van der Waals surface area contributed by atoms with Crippen molar-refractivity contribution >= 4 is 23.6 Å². The van der Waals surface area contributed by atoms with Gasteiger partial charge in [-0.05, 0) is 41.5 Å². The Balaban J connectivity index is 1.65. The number of benzene rings is 2. The summed E-state index contributed by atoms with van der Waals surface area (Å²) in [6.07, 6.45) is -0.918. The maximum Gasteiger partial charge on any atom is 0.417 e. The van der Waals surface area contributed by atoms with Crippen molar-refractivity contribution in [1.82, 2.24) is 14.8 Å². The molecule has 1 saturated heterocycles. The molecule has 0 radical (unpaired) electrons. The second kappa shape index (κ2) is 15.5. The van der Waals surface area contributed by atoms with Gasteiger partial charge in [-0.15, -0.1) is 0 Å². The molecule has 0 N–H and O–H groups in total. The Morgan fingerprint density at radius 2 is 1.73 bits per heavy atom. The predicted molar refractivity (Wildman–Crippen MR) is 162 cm³/mol. The molecule has 0 spiro atoms. The van der Waals surface area contributed by atoms with Gasteiger partial charge in [0.2, 0.25) is 11.8 Å². The summed E-state index contributed by atoms with van der Waals surface area (Å²) in [5, 5.41) is 0. The molecule has 0 aliphatic carbocycles. The lowest BCUT2D eigenvalue weighted by Gasteiger charge is -2.33. The van der Waals surface area contributed by atoms with Gasteiger partial charge in [0.05, 0.1) is 31.1 Å². The number of nitrogens with zero attached hydrogens (tertiary/aromatic N) is 4. The molecule has 2 aromatic carbocycles. The van der Waals surface area contributed by atoms with Crippen LogP contribution in [0.25, 0.3) is 6.08 Å². The molecule has 3 aromatic rings. The number of alkyl halides is 3. The first-order valence-electron chi connectivity index (χ1n) is 14.4. The minimum Gasteiger partial charge on any atom is -0.383 e. The molecule has 8 nitrogen and oxygen atoms in total. The maximum absolute atomic E-state index is 13.9. The highest BCUT2D eigenvalue weighted by Gasteiger charge is 2.32. The predicted octanol–water partition coefficient (Wildman–Crippen LogP) is 4.70. The highest BCUT2D eigenvalue weighted by atomic mass is 19.4. The third-order valence-corrected chi connectivity index (χ3v) is 7.40. The second-order valence-electron chi connectivity index (χ2n) is 10.5. The number of morpholine rings is 1. The van der Waals surface area contributed by atoms with E-state index in [-0.39, 0.29) is 24.6 Å². The number of pyridine rings is 1. The number of anilines is 1. The van der Waals surface area contributed by atoms with Crippen LogP contribution in [0.3, 0.4) is 0 Å². The van der Waals surface area contributed by atoms with Gasteiger partial charge in [-0.1, -0.05) is 42.5 Å². The summed E-state index contributed by atoms with van der Waals surface area (Å²) in [7, 11) is 3.22. The highest BCUT2D eigenvalue weighted by Crippen LogP contribution is 2.28. The van der Waals surface area contributed by atoms with E-state index in [0.717, 1.165) is 42.2 Å². The zero-order valence-electron chi connectivity index (χ0n) is 24.9. The van der Waals surface area contributed by atoms with Gasteiger partial charge in [0.25, 0.3) is 0 Å². The summed E-state index contributed by atoms with van der Waals surface area (Å²) >= 11 is 0. The Labute approximate surface area is 255 Å². The van der Waals surface area contributed by atoms with Crippen LogP contribution in [0.1, 0.15) is 22.4 Å². The van der Waals surface area contributed by atoms with E-state index in [1.807, 2.05) is 54.6 Å². The smallest absolute Gasteiger partial charge is 0.383 e. The van der Waals surface area contributed by atoms with Crippen LogP contribution in [-0.4, -0.2) is 86.3 Å². The van der Waals surface area contributed by atoms with Crippen molar-refractivity contribution in [1.29, 1.82) is 0 Å². The van der Waals surface area contributed by atoms with E-state index in [0.29, 0.717) is 26.4 Å². The van der Waals surface area contributed by atoms with Gasteiger partial charge in [0.15, 0.2) is 0 Å². The second-order valence-corrected chi connectivity index (χ2v) is 10.5. The van der Waals surface area contributed by atoms with E-state index in [1.165, 1.54) is 23.1 Å². The van der Waals surface area contributed by atoms with Crippen molar-refractivity contribution in [2.24, 2.45) is 0 Å². The van der Waals surface area contributed by atoms with Crippen LogP contribution >= 0.6 is 0 Å². The molecule has 1 aliphatic rings. The molecular weight excluding hydrogens is 573 g/mol. The molecule has 2 heterocycles. The highest BCUT2D eigenvalue weighted by molar-refractivity contribution is 5.95. The number of rotatable bonds is 12. The van der Waals surface area contributed by atoms with Gasteiger partial charge in [0, 0.05) is 64.7 Å². The Kier molecular flexibility index (Phi) is 11.5.